The van der Waals surface area contributed by atoms with E-state index in [4.69, 9.17) is 19.4 Å². The number of pyridine rings is 2. The quantitative estimate of drug-likeness (QED) is 0.0922. The second-order valence-corrected chi connectivity index (χ2v) is 18.4. The van der Waals surface area contributed by atoms with E-state index in [1.54, 1.807) is 61.2 Å². The van der Waals surface area contributed by atoms with E-state index >= 15 is 0 Å². The Morgan fingerprint density at radius 2 is 0.972 bits per heavy atom. The first kappa shape index (κ1) is 44.3. The lowest BCUT2D eigenvalue weighted by molar-refractivity contribution is -0.135. The zero-order valence-electron chi connectivity index (χ0n) is 39.0. The Balaban J connectivity index is 0.769. The van der Waals surface area contributed by atoms with E-state index in [1.807, 2.05) is 82.6 Å². The van der Waals surface area contributed by atoms with E-state index in [0.29, 0.717) is 61.9 Å². The average Bonchev–Trinajstić information content (AvgIpc) is 4.30. The lowest BCUT2D eigenvalue weighted by Crippen LogP contribution is -2.43. The van der Waals surface area contributed by atoms with Crippen LogP contribution in [0.4, 0.5) is 0 Å². The summed E-state index contributed by atoms with van der Waals surface area (Å²) in [6, 6.07) is 34.5. The minimum atomic E-state index is -0.914. The van der Waals surface area contributed by atoms with Crippen LogP contribution in [0, 0.1) is 0 Å². The molecule has 4 amide bonds. The van der Waals surface area contributed by atoms with Crippen LogP contribution in [0.5, 0.6) is 11.5 Å². The van der Waals surface area contributed by atoms with Gasteiger partial charge in [0.2, 0.25) is 11.8 Å². The highest BCUT2D eigenvalue weighted by molar-refractivity contribution is 5.97. The highest BCUT2D eigenvalue weighted by Gasteiger charge is 2.39. The van der Waals surface area contributed by atoms with Crippen molar-refractivity contribution in [2.45, 2.75) is 63.1 Å². The molecule has 0 spiro atoms. The number of ether oxygens (including phenoxy) is 2. The fourth-order valence-corrected chi connectivity index (χ4v) is 10.5. The van der Waals surface area contributed by atoms with Crippen LogP contribution >= 0.6 is 0 Å². The summed E-state index contributed by atoms with van der Waals surface area (Å²) in [6.45, 7) is 1.68. The second kappa shape index (κ2) is 18.8. The van der Waals surface area contributed by atoms with Gasteiger partial charge in [-0.3, -0.25) is 29.1 Å². The molecule has 0 aliphatic carbocycles. The van der Waals surface area contributed by atoms with Crippen LogP contribution in [0.15, 0.2) is 146 Å². The van der Waals surface area contributed by atoms with Crippen molar-refractivity contribution in [3.8, 4) is 45.1 Å². The number of amides is 4. The molecule has 8 heterocycles. The monoisotopic (exact) mass is 956 g/mol. The van der Waals surface area contributed by atoms with E-state index in [-0.39, 0.29) is 35.3 Å². The third kappa shape index (κ3) is 8.29. The Hall–Kier alpha value is -8.92. The van der Waals surface area contributed by atoms with Crippen molar-refractivity contribution >= 4 is 23.6 Å². The molecule has 2 fully saturated rings. The molecule has 4 aliphatic rings. The number of rotatable bonds is 12. The number of likely N-dealkylation sites (tertiary alicyclic amines) is 2. The Kier molecular flexibility index (Phi) is 11.5. The van der Waals surface area contributed by atoms with Gasteiger partial charge in [-0.15, -0.1) is 0 Å². The van der Waals surface area contributed by atoms with Crippen molar-refractivity contribution < 1.29 is 28.7 Å². The van der Waals surface area contributed by atoms with Crippen molar-refractivity contribution in [1.82, 2.24) is 50.3 Å². The predicted octanol–water partition coefficient (Wildman–Crippen LogP) is 8.38. The molecule has 4 aromatic heterocycles. The molecule has 358 valence electrons. The number of carbonyl (C=O) groups is 4. The smallest absolute Gasteiger partial charge is 0.270 e. The normalized spacial score (nSPS) is 17.3. The molecular weight excluding hydrogens is 909 g/mol. The highest BCUT2D eigenvalue weighted by atomic mass is 16.5. The number of H-pyrrole nitrogens is 2. The van der Waals surface area contributed by atoms with Crippen LogP contribution in [-0.2, 0) is 22.8 Å². The molecule has 16 heteroatoms. The fraction of sp³-hybridized carbons (Fsp3) is 0.214. The predicted molar refractivity (Wildman–Crippen MR) is 265 cm³/mol. The first-order valence-electron chi connectivity index (χ1n) is 24.2. The summed E-state index contributed by atoms with van der Waals surface area (Å²) < 4.78 is 13.0. The number of nitrogens with one attached hydrogen (secondary N) is 4. The van der Waals surface area contributed by atoms with Gasteiger partial charge >= 0.3 is 0 Å². The van der Waals surface area contributed by atoms with Crippen molar-refractivity contribution in [2.24, 2.45) is 0 Å². The van der Waals surface area contributed by atoms with E-state index < -0.39 is 23.9 Å². The largest absolute Gasteiger partial charge is 0.488 e. The number of carbonyl (C=O) groups excluding carboxylic acids is 4. The molecule has 2 saturated heterocycles. The maximum atomic E-state index is 14.4. The van der Waals surface area contributed by atoms with Gasteiger partial charge in [0.25, 0.3) is 11.8 Å². The van der Waals surface area contributed by atoms with E-state index in [0.717, 1.165) is 69.1 Å². The summed E-state index contributed by atoms with van der Waals surface area (Å²) in [7, 11) is 0. The Bertz CT molecular complexity index is 3070. The van der Waals surface area contributed by atoms with E-state index in [2.05, 4.69) is 42.7 Å². The van der Waals surface area contributed by atoms with Crippen molar-refractivity contribution in [1.29, 1.82) is 0 Å². The van der Waals surface area contributed by atoms with Crippen LogP contribution in [0.3, 0.4) is 0 Å². The standard InChI is InChI=1S/C56H48N10O6/c67-53(39-17-7-9-21-57-39)63-49(33-13-3-1-4-14-33)55(69)65-23-11-19-43(65)51-59-29-41(61-51)35-25-37-31-72-46-28-36(26-38-32-71-45(27-35)47(37)48(38)46)42-30-60-52(62-42)44-20-12-24-66(44)56(70)50(34-15-5-2-6-16-34)64-54(68)40-18-8-10-22-58-40/h1-10,13-18,21-22,25-30,43-44,49-50H,11-12,19-20,23-24,31-32H2,(H,59,61)(H,60,62)(H,63,67)(H,64,68)/t43-,44-,49+,50+/m0/s1. The maximum Gasteiger partial charge on any atom is 0.270 e. The molecule has 0 saturated carbocycles. The van der Waals surface area contributed by atoms with Crippen molar-refractivity contribution in [3.05, 3.63) is 191 Å². The minimum Gasteiger partial charge on any atom is -0.488 e. The first-order chi connectivity index (χ1) is 35.3. The Morgan fingerprint density at radius 3 is 1.39 bits per heavy atom. The Morgan fingerprint density at radius 1 is 0.542 bits per heavy atom. The summed E-state index contributed by atoms with van der Waals surface area (Å²) in [5.74, 6) is 1.53. The summed E-state index contributed by atoms with van der Waals surface area (Å²) >= 11 is 0. The zero-order chi connectivity index (χ0) is 48.7. The highest BCUT2D eigenvalue weighted by Crippen LogP contribution is 2.51. The summed E-state index contributed by atoms with van der Waals surface area (Å²) in [4.78, 5) is 84.2. The van der Waals surface area contributed by atoms with Gasteiger partial charge < -0.3 is 39.9 Å². The second-order valence-electron chi connectivity index (χ2n) is 18.4. The molecule has 0 radical (unpaired) electrons. The molecule has 4 N–H and O–H groups in total. The van der Waals surface area contributed by atoms with Gasteiger partial charge in [-0.25, -0.2) is 9.97 Å². The lowest BCUT2D eigenvalue weighted by Gasteiger charge is -2.30. The van der Waals surface area contributed by atoms with E-state index in [9.17, 15) is 19.2 Å². The van der Waals surface area contributed by atoms with Crippen LogP contribution in [0.1, 0.15) is 105 Å². The zero-order valence-corrected chi connectivity index (χ0v) is 39.0. The number of aromatic nitrogens is 6. The Labute approximate surface area is 413 Å². The molecule has 4 aliphatic heterocycles. The van der Waals surface area contributed by atoms with E-state index in [1.165, 1.54) is 0 Å². The molecule has 8 aromatic rings. The van der Waals surface area contributed by atoms with Gasteiger partial charge in [-0.05, 0) is 85.3 Å². The summed E-state index contributed by atoms with van der Waals surface area (Å²) in [5, 5.41) is 5.90. The number of hydrogen-bond acceptors (Lipinski definition) is 10. The van der Waals surface area contributed by atoms with Gasteiger partial charge in [-0.2, -0.15) is 0 Å². The molecule has 0 bridgehead atoms. The fourth-order valence-electron chi connectivity index (χ4n) is 10.5. The molecule has 4 atom stereocenters. The van der Waals surface area contributed by atoms with Gasteiger partial charge in [0, 0.05) is 58.9 Å². The van der Waals surface area contributed by atoms with Crippen LogP contribution in [-0.4, -0.2) is 76.4 Å². The molecule has 4 aromatic carbocycles. The van der Waals surface area contributed by atoms with Crippen molar-refractivity contribution in [3.63, 3.8) is 0 Å². The topological polar surface area (TPSA) is 200 Å². The summed E-state index contributed by atoms with van der Waals surface area (Å²) in [5.41, 5.74) is 9.09. The number of benzene rings is 4. The number of imidazole rings is 2. The van der Waals surface area contributed by atoms with Gasteiger partial charge in [0.05, 0.1) is 35.9 Å². The number of aromatic amines is 2. The molecular formula is C56H48N10O6. The maximum absolute atomic E-state index is 14.4. The van der Waals surface area contributed by atoms with Gasteiger partial charge in [0.15, 0.2) is 0 Å². The average molecular weight is 957 g/mol. The van der Waals surface area contributed by atoms with Crippen LogP contribution < -0.4 is 20.1 Å². The van der Waals surface area contributed by atoms with Crippen LogP contribution in [0.25, 0.3) is 33.6 Å². The molecule has 0 unspecified atom stereocenters. The van der Waals surface area contributed by atoms with Crippen LogP contribution in [0.2, 0.25) is 0 Å². The van der Waals surface area contributed by atoms with Crippen molar-refractivity contribution in [2.75, 3.05) is 13.1 Å². The third-order valence-electron chi connectivity index (χ3n) is 14.0. The summed E-state index contributed by atoms with van der Waals surface area (Å²) in [6.07, 6.45) is 9.69. The van der Waals surface area contributed by atoms with Gasteiger partial charge in [-0.1, -0.05) is 72.8 Å². The third-order valence-corrected chi connectivity index (χ3v) is 14.0. The van der Waals surface area contributed by atoms with Gasteiger partial charge in [0.1, 0.15) is 59.8 Å². The minimum absolute atomic E-state index is 0.217. The molecule has 16 nitrogen and oxygen atoms in total. The first-order valence-corrected chi connectivity index (χ1v) is 24.2. The molecule has 72 heavy (non-hydrogen) atoms. The number of hydrogen-bond donors (Lipinski definition) is 4. The SMILES string of the molecule is O=C(N[C@@H](C(=O)N1CCC[C@H]1c1ncc(-c2cc3c4c(c2)OCc2cc(-c5cnc([C@@H]6CCCN6C(=O)[C@H](NC(=O)c6ccccn6)c6ccccc6)[nH]5)cc(c2-4)OC3)[nH]1)c1ccccc1)c1ccccn1. The lowest BCUT2D eigenvalue weighted by atomic mass is 9.87. The molecule has 12 rings (SSSR count). The number of nitrogens with zero attached hydrogens (tertiary/aromatic N) is 6.